The molecule has 172 valence electrons. The highest BCUT2D eigenvalue weighted by atomic mass is 32.2. The first-order valence-electron chi connectivity index (χ1n) is 11.0. The highest BCUT2D eigenvalue weighted by Crippen LogP contribution is 2.30. The SMILES string of the molecule is CC[C@H](C)N(Cc1ccc(N(CC)CC)cc1OS(=O)(=O)CC)C(=O)CC(C)(C)C. The third-order valence-corrected chi connectivity index (χ3v) is 6.36. The van der Waals surface area contributed by atoms with Crippen LogP contribution in [-0.2, 0) is 21.5 Å². The Labute approximate surface area is 183 Å². The Morgan fingerprint density at radius 1 is 1.10 bits per heavy atom. The van der Waals surface area contributed by atoms with Crippen molar-refractivity contribution in [3.8, 4) is 5.75 Å². The van der Waals surface area contributed by atoms with Gasteiger partial charge < -0.3 is 14.0 Å². The molecule has 1 amide bonds. The molecule has 0 radical (unpaired) electrons. The Bertz CT molecular complexity index is 796. The molecule has 0 spiro atoms. The molecule has 7 heteroatoms. The summed E-state index contributed by atoms with van der Waals surface area (Å²) in [5, 5.41) is 0. The molecule has 0 bridgehead atoms. The Kier molecular flexibility index (Phi) is 9.66. The fraction of sp³-hybridized carbons (Fsp3) is 0.696. The number of carbonyl (C=O) groups excluding carboxylic acids is 1. The molecule has 0 saturated carbocycles. The lowest BCUT2D eigenvalue weighted by Crippen LogP contribution is -2.39. The molecule has 1 aromatic carbocycles. The monoisotopic (exact) mass is 440 g/mol. The van der Waals surface area contributed by atoms with Crippen molar-refractivity contribution in [3.63, 3.8) is 0 Å². The molecule has 0 aromatic heterocycles. The molecular weight excluding hydrogens is 400 g/mol. The first kappa shape index (κ1) is 26.3. The Hall–Kier alpha value is -1.76. The minimum Gasteiger partial charge on any atom is -0.382 e. The second-order valence-electron chi connectivity index (χ2n) is 8.91. The fourth-order valence-corrected chi connectivity index (χ4v) is 3.73. The van der Waals surface area contributed by atoms with Crippen molar-refractivity contribution in [3.05, 3.63) is 23.8 Å². The Balaban J connectivity index is 3.38. The van der Waals surface area contributed by atoms with E-state index in [4.69, 9.17) is 4.18 Å². The van der Waals surface area contributed by atoms with Crippen LogP contribution in [0.15, 0.2) is 18.2 Å². The zero-order valence-electron chi connectivity index (χ0n) is 20.0. The fourth-order valence-electron chi connectivity index (χ4n) is 3.18. The first-order valence-corrected chi connectivity index (χ1v) is 12.5. The van der Waals surface area contributed by atoms with Gasteiger partial charge in [-0.25, -0.2) is 0 Å². The molecular formula is C23H40N2O4S. The van der Waals surface area contributed by atoms with E-state index in [9.17, 15) is 13.2 Å². The molecule has 30 heavy (non-hydrogen) atoms. The lowest BCUT2D eigenvalue weighted by molar-refractivity contribution is -0.135. The van der Waals surface area contributed by atoms with Crippen molar-refractivity contribution < 1.29 is 17.4 Å². The molecule has 1 atom stereocenters. The number of benzene rings is 1. The lowest BCUT2D eigenvalue weighted by atomic mass is 9.91. The van der Waals surface area contributed by atoms with Gasteiger partial charge in [0.2, 0.25) is 5.91 Å². The van der Waals surface area contributed by atoms with Gasteiger partial charge in [-0.05, 0) is 45.6 Å². The highest BCUT2D eigenvalue weighted by Gasteiger charge is 2.26. The molecule has 1 aromatic rings. The summed E-state index contributed by atoms with van der Waals surface area (Å²) >= 11 is 0. The van der Waals surface area contributed by atoms with E-state index in [-0.39, 0.29) is 23.1 Å². The van der Waals surface area contributed by atoms with Gasteiger partial charge in [-0.3, -0.25) is 4.79 Å². The van der Waals surface area contributed by atoms with Gasteiger partial charge in [0.1, 0.15) is 5.75 Å². The van der Waals surface area contributed by atoms with E-state index in [0.717, 1.165) is 25.2 Å². The smallest absolute Gasteiger partial charge is 0.308 e. The minimum absolute atomic E-state index is 0.0398. The highest BCUT2D eigenvalue weighted by molar-refractivity contribution is 7.87. The van der Waals surface area contributed by atoms with Crippen LogP contribution in [0.1, 0.15) is 73.8 Å². The van der Waals surface area contributed by atoms with E-state index >= 15 is 0 Å². The molecule has 0 aliphatic rings. The van der Waals surface area contributed by atoms with Crippen molar-refractivity contribution in [2.45, 2.75) is 80.8 Å². The Morgan fingerprint density at radius 3 is 2.17 bits per heavy atom. The van der Waals surface area contributed by atoms with Gasteiger partial charge in [0.15, 0.2) is 0 Å². The second-order valence-corrected chi connectivity index (χ2v) is 10.8. The third kappa shape index (κ3) is 7.82. The summed E-state index contributed by atoms with van der Waals surface area (Å²) in [7, 11) is -3.68. The average molecular weight is 441 g/mol. The number of nitrogens with zero attached hydrogens (tertiary/aromatic N) is 2. The van der Waals surface area contributed by atoms with E-state index in [1.54, 1.807) is 13.0 Å². The maximum atomic E-state index is 13.0. The van der Waals surface area contributed by atoms with Crippen molar-refractivity contribution >= 4 is 21.7 Å². The van der Waals surface area contributed by atoms with Crippen LogP contribution < -0.4 is 9.08 Å². The number of anilines is 1. The summed E-state index contributed by atoms with van der Waals surface area (Å²) in [5.74, 6) is 0.257. The van der Waals surface area contributed by atoms with E-state index in [1.165, 1.54) is 0 Å². The van der Waals surface area contributed by atoms with Crippen LogP contribution in [0.2, 0.25) is 0 Å². The molecule has 1 rings (SSSR count). The average Bonchev–Trinajstić information content (AvgIpc) is 2.66. The summed E-state index contributed by atoms with van der Waals surface area (Å²) in [6.45, 7) is 17.8. The van der Waals surface area contributed by atoms with Gasteiger partial charge >= 0.3 is 10.1 Å². The van der Waals surface area contributed by atoms with Gasteiger partial charge in [-0.15, -0.1) is 0 Å². The van der Waals surface area contributed by atoms with E-state index in [1.807, 2.05) is 51.7 Å². The van der Waals surface area contributed by atoms with Crippen LogP contribution >= 0.6 is 0 Å². The van der Waals surface area contributed by atoms with Crippen molar-refractivity contribution in [1.29, 1.82) is 0 Å². The first-order chi connectivity index (χ1) is 13.9. The number of hydrogen-bond acceptors (Lipinski definition) is 5. The van der Waals surface area contributed by atoms with Crippen LogP contribution in [-0.4, -0.2) is 44.1 Å². The number of rotatable bonds is 11. The van der Waals surface area contributed by atoms with Gasteiger partial charge in [0.25, 0.3) is 0 Å². The van der Waals surface area contributed by atoms with Crippen molar-refractivity contribution in [2.75, 3.05) is 23.7 Å². The normalized spacial score (nSPS) is 13.1. The van der Waals surface area contributed by atoms with Crippen molar-refractivity contribution in [2.24, 2.45) is 5.41 Å². The second kappa shape index (κ2) is 11.0. The predicted octanol–water partition coefficient (Wildman–Crippen LogP) is 4.82. The molecule has 0 aliphatic heterocycles. The standard InChI is InChI=1S/C23H40N2O4S/c1-9-18(5)25(22(26)16-23(6,7)8)17-19-13-14-20(24(10-2)11-3)15-21(19)29-30(27,28)12-4/h13-15,18H,9-12,16-17H2,1-8H3/t18-/m0/s1. The predicted molar refractivity (Wildman–Crippen MR) is 124 cm³/mol. The van der Waals surface area contributed by atoms with Crippen LogP contribution in [0.3, 0.4) is 0 Å². The molecule has 0 aliphatic carbocycles. The zero-order chi connectivity index (χ0) is 23.1. The lowest BCUT2D eigenvalue weighted by Gasteiger charge is -2.32. The maximum absolute atomic E-state index is 13.0. The molecule has 0 saturated heterocycles. The van der Waals surface area contributed by atoms with Crippen LogP contribution in [0, 0.1) is 5.41 Å². The summed E-state index contributed by atoms with van der Waals surface area (Å²) in [5.41, 5.74) is 1.48. The number of amides is 1. The third-order valence-electron chi connectivity index (χ3n) is 5.22. The van der Waals surface area contributed by atoms with Crippen LogP contribution in [0.25, 0.3) is 0 Å². The minimum atomic E-state index is -3.68. The van der Waals surface area contributed by atoms with Gasteiger partial charge in [0.05, 0.1) is 5.75 Å². The number of carbonyl (C=O) groups is 1. The van der Waals surface area contributed by atoms with Crippen LogP contribution in [0.5, 0.6) is 5.75 Å². The van der Waals surface area contributed by atoms with E-state index in [0.29, 0.717) is 24.3 Å². The topological polar surface area (TPSA) is 66.9 Å². The zero-order valence-corrected chi connectivity index (χ0v) is 20.8. The van der Waals surface area contributed by atoms with Crippen LogP contribution in [0.4, 0.5) is 5.69 Å². The molecule has 0 N–H and O–H groups in total. The van der Waals surface area contributed by atoms with E-state index in [2.05, 4.69) is 18.7 Å². The Morgan fingerprint density at radius 2 is 1.70 bits per heavy atom. The summed E-state index contributed by atoms with van der Waals surface area (Å²) < 4.78 is 29.9. The number of hydrogen-bond donors (Lipinski definition) is 0. The largest absolute Gasteiger partial charge is 0.382 e. The van der Waals surface area contributed by atoms with Gasteiger partial charge in [0, 0.05) is 49.4 Å². The van der Waals surface area contributed by atoms with Gasteiger partial charge in [-0.2, -0.15) is 8.42 Å². The molecule has 6 nitrogen and oxygen atoms in total. The van der Waals surface area contributed by atoms with E-state index < -0.39 is 10.1 Å². The molecule has 0 heterocycles. The summed E-state index contributed by atoms with van der Waals surface area (Å²) in [6, 6.07) is 5.67. The maximum Gasteiger partial charge on any atom is 0.308 e. The van der Waals surface area contributed by atoms with Gasteiger partial charge in [-0.1, -0.05) is 33.8 Å². The quantitative estimate of drug-likeness (QED) is 0.461. The summed E-state index contributed by atoms with van der Waals surface area (Å²) in [4.78, 5) is 17.0. The summed E-state index contributed by atoms with van der Waals surface area (Å²) in [6.07, 6.45) is 1.25. The van der Waals surface area contributed by atoms with Crippen molar-refractivity contribution in [1.82, 2.24) is 4.90 Å². The molecule has 0 fully saturated rings. The molecule has 0 unspecified atom stereocenters.